The number of nitrogens with zero attached hydrogens (tertiary/aromatic N) is 2. The van der Waals surface area contributed by atoms with E-state index in [1.54, 1.807) is 0 Å². The molecular formula is C16H24N4O2. The molecule has 2 aromatic rings. The van der Waals surface area contributed by atoms with E-state index in [1.165, 1.54) is 0 Å². The second kappa shape index (κ2) is 7.26. The van der Waals surface area contributed by atoms with Crippen molar-refractivity contribution in [2.75, 3.05) is 13.2 Å². The van der Waals surface area contributed by atoms with Gasteiger partial charge < -0.3 is 20.4 Å². The van der Waals surface area contributed by atoms with Gasteiger partial charge in [0, 0.05) is 19.2 Å². The first-order valence-electron chi connectivity index (χ1n) is 7.70. The average molecular weight is 304 g/mol. The molecule has 1 heterocycles. The van der Waals surface area contributed by atoms with E-state index in [0.717, 1.165) is 29.2 Å². The summed E-state index contributed by atoms with van der Waals surface area (Å²) < 4.78 is 7.83. The van der Waals surface area contributed by atoms with E-state index in [0.29, 0.717) is 19.7 Å². The molecule has 120 valence electrons. The van der Waals surface area contributed by atoms with Gasteiger partial charge in [-0.3, -0.25) is 4.79 Å². The van der Waals surface area contributed by atoms with Crippen LogP contribution in [0.15, 0.2) is 18.2 Å². The summed E-state index contributed by atoms with van der Waals surface area (Å²) in [5, 5.41) is 2.79. The van der Waals surface area contributed by atoms with Crippen molar-refractivity contribution in [1.82, 2.24) is 14.9 Å². The van der Waals surface area contributed by atoms with Gasteiger partial charge in [0.15, 0.2) is 0 Å². The van der Waals surface area contributed by atoms with Crippen LogP contribution in [-0.2, 0) is 17.9 Å². The molecule has 1 aromatic heterocycles. The second-order valence-corrected chi connectivity index (χ2v) is 5.23. The third-order valence-corrected chi connectivity index (χ3v) is 3.60. The normalized spacial score (nSPS) is 12.4. The van der Waals surface area contributed by atoms with Crippen molar-refractivity contribution in [3.63, 3.8) is 0 Å². The van der Waals surface area contributed by atoms with Crippen molar-refractivity contribution >= 4 is 16.9 Å². The lowest BCUT2D eigenvalue weighted by Gasteiger charge is -2.13. The monoisotopic (exact) mass is 304 g/mol. The zero-order valence-electron chi connectivity index (χ0n) is 13.4. The van der Waals surface area contributed by atoms with E-state index in [9.17, 15) is 4.79 Å². The van der Waals surface area contributed by atoms with Crippen LogP contribution in [0.2, 0.25) is 0 Å². The highest BCUT2D eigenvalue weighted by Gasteiger charge is 2.14. The van der Waals surface area contributed by atoms with Gasteiger partial charge in [-0.2, -0.15) is 0 Å². The highest BCUT2D eigenvalue weighted by Crippen LogP contribution is 2.22. The number of hydrogen-bond donors (Lipinski definition) is 2. The smallest absolute Gasteiger partial charge is 0.226 e. The number of carbonyl (C=O) groups is 1. The molecule has 1 atom stereocenters. The molecule has 6 heteroatoms. The lowest BCUT2D eigenvalue weighted by atomic mass is 10.2. The summed E-state index contributed by atoms with van der Waals surface area (Å²) in [6, 6.07) is 5.75. The molecule has 2 rings (SSSR count). The number of imidazole rings is 1. The number of nitrogens with one attached hydrogen (secondary N) is 1. The molecule has 6 nitrogen and oxygen atoms in total. The van der Waals surface area contributed by atoms with Crippen LogP contribution in [0.4, 0.5) is 0 Å². The van der Waals surface area contributed by atoms with Crippen LogP contribution in [0.25, 0.3) is 11.0 Å². The molecule has 22 heavy (non-hydrogen) atoms. The van der Waals surface area contributed by atoms with Crippen LogP contribution in [0.3, 0.4) is 0 Å². The molecule has 0 aliphatic rings. The Morgan fingerprint density at radius 3 is 2.86 bits per heavy atom. The minimum absolute atomic E-state index is 0.00703. The SMILES string of the molecule is CCNC(=O)C(C)COc1ccc2nc(CN)n(CC)c2c1. The van der Waals surface area contributed by atoms with Crippen LogP contribution >= 0.6 is 0 Å². The molecule has 0 spiro atoms. The first kappa shape index (κ1) is 16.3. The fourth-order valence-corrected chi connectivity index (χ4v) is 2.40. The van der Waals surface area contributed by atoms with Crippen molar-refractivity contribution in [3.05, 3.63) is 24.0 Å². The molecule has 1 aromatic carbocycles. The van der Waals surface area contributed by atoms with Crippen LogP contribution in [-0.4, -0.2) is 28.6 Å². The van der Waals surface area contributed by atoms with Crippen LogP contribution in [0.5, 0.6) is 5.75 Å². The van der Waals surface area contributed by atoms with E-state index >= 15 is 0 Å². The molecule has 0 fully saturated rings. The van der Waals surface area contributed by atoms with E-state index in [1.807, 2.05) is 32.0 Å². The summed E-state index contributed by atoms with van der Waals surface area (Å²) in [6.45, 7) is 8.01. The lowest BCUT2D eigenvalue weighted by Crippen LogP contribution is -2.32. The summed E-state index contributed by atoms with van der Waals surface area (Å²) in [6.07, 6.45) is 0. The van der Waals surface area contributed by atoms with Crippen LogP contribution in [0.1, 0.15) is 26.6 Å². The number of rotatable bonds is 7. The van der Waals surface area contributed by atoms with Gasteiger partial charge in [0.05, 0.1) is 30.1 Å². The van der Waals surface area contributed by atoms with E-state index < -0.39 is 0 Å². The van der Waals surface area contributed by atoms with Crippen molar-refractivity contribution in [2.24, 2.45) is 11.7 Å². The van der Waals surface area contributed by atoms with Gasteiger partial charge in [-0.25, -0.2) is 4.98 Å². The number of aryl methyl sites for hydroxylation is 1. The van der Waals surface area contributed by atoms with Crippen LogP contribution < -0.4 is 15.8 Å². The topological polar surface area (TPSA) is 82.2 Å². The zero-order valence-corrected chi connectivity index (χ0v) is 13.4. The quantitative estimate of drug-likeness (QED) is 0.815. The van der Waals surface area contributed by atoms with E-state index in [2.05, 4.69) is 21.8 Å². The highest BCUT2D eigenvalue weighted by atomic mass is 16.5. The number of hydrogen-bond acceptors (Lipinski definition) is 4. The number of nitrogens with two attached hydrogens (primary N) is 1. The number of benzene rings is 1. The molecule has 0 aliphatic heterocycles. The maximum Gasteiger partial charge on any atom is 0.226 e. The number of fused-ring (bicyclic) bond motifs is 1. The molecule has 0 radical (unpaired) electrons. The van der Waals surface area contributed by atoms with Gasteiger partial charge in [0.2, 0.25) is 5.91 Å². The summed E-state index contributed by atoms with van der Waals surface area (Å²) in [4.78, 5) is 16.2. The summed E-state index contributed by atoms with van der Waals surface area (Å²) in [7, 11) is 0. The predicted molar refractivity (Wildman–Crippen MR) is 86.6 cm³/mol. The maximum atomic E-state index is 11.7. The predicted octanol–water partition coefficient (Wildman–Crippen LogP) is 1.67. The second-order valence-electron chi connectivity index (χ2n) is 5.23. The summed E-state index contributed by atoms with van der Waals surface area (Å²) >= 11 is 0. The standard InChI is InChI=1S/C16H24N4O2/c1-4-18-16(21)11(3)10-22-12-6-7-13-14(8-12)20(5-2)15(9-17)19-13/h6-8,11H,4-5,9-10,17H2,1-3H3,(H,18,21). The van der Waals surface area contributed by atoms with Crippen molar-refractivity contribution in [3.8, 4) is 5.75 Å². The minimum Gasteiger partial charge on any atom is -0.493 e. The molecule has 3 N–H and O–H groups in total. The number of ether oxygens (including phenoxy) is 1. The zero-order chi connectivity index (χ0) is 16.1. The number of carbonyl (C=O) groups excluding carboxylic acids is 1. The number of aromatic nitrogens is 2. The van der Waals surface area contributed by atoms with E-state index in [4.69, 9.17) is 10.5 Å². The van der Waals surface area contributed by atoms with Crippen LogP contribution in [0, 0.1) is 5.92 Å². The third kappa shape index (κ3) is 3.39. The Morgan fingerprint density at radius 2 is 2.23 bits per heavy atom. The fraction of sp³-hybridized carbons (Fsp3) is 0.500. The molecule has 0 saturated heterocycles. The molecule has 0 bridgehead atoms. The van der Waals surface area contributed by atoms with Gasteiger partial charge in [-0.1, -0.05) is 6.92 Å². The molecule has 0 aliphatic carbocycles. The fourth-order valence-electron chi connectivity index (χ4n) is 2.40. The first-order chi connectivity index (χ1) is 10.6. The average Bonchev–Trinajstić information content (AvgIpc) is 2.89. The molecular weight excluding hydrogens is 280 g/mol. The van der Waals surface area contributed by atoms with Gasteiger partial charge in [0.1, 0.15) is 11.6 Å². The van der Waals surface area contributed by atoms with Gasteiger partial charge in [-0.05, 0) is 26.0 Å². The van der Waals surface area contributed by atoms with Crippen molar-refractivity contribution in [1.29, 1.82) is 0 Å². The first-order valence-corrected chi connectivity index (χ1v) is 7.70. The highest BCUT2D eigenvalue weighted by molar-refractivity contribution is 5.79. The molecule has 1 amide bonds. The van der Waals surface area contributed by atoms with Crippen molar-refractivity contribution < 1.29 is 9.53 Å². The Kier molecular flexibility index (Phi) is 5.38. The molecule has 1 unspecified atom stereocenters. The third-order valence-electron chi connectivity index (χ3n) is 3.60. The number of amides is 1. The molecule has 0 saturated carbocycles. The van der Waals surface area contributed by atoms with Gasteiger partial charge in [0.25, 0.3) is 0 Å². The maximum absolute atomic E-state index is 11.7. The lowest BCUT2D eigenvalue weighted by molar-refractivity contribution is -0.125. The van der Waals surface area contributed by atoms with Gasteiger partial charge >= 0.3 is 0 Å². The van der Waals surface area contributed by atoms with Gasteiger partial charge in [-0.15, -0.1) is 0 Å². The minimum atomic E-state index is -0.189. The Labute approximate surface area is 130 Å². The summed E-state index contributed by atoms with van der Waals surface area (Å²) in [5.74, 6) is 1.42. The Hall–Kier alpha value is -2.08. The van der Waals surface area contributed by atoms with E-state index in [-0.39, 0.29) is 11.8 Å². The Balaban J connectivity index is 2.14. The Morgan fingerprint density at radius 1 is 1.45 bits per heavy atom. The summed E-state index contributed by atoms with van der Waals surface area (Å²) in [5.41, 5.74) is 7.64. The Bertz CT molecular complexity index is 651. The largest absolute Gasteiger partial charge is 0.493 e. The van der Waals surface area contributed by atoms with Crippen molar-refractivity contribution in [2.45, 2.75) is 33.9 Å².